The minimum absolute atomic E-state index is 0.0225. The molecule has 1 atom stereocenters. The monoisotopic (exact) mass is 218 g/mol. The fourth-order valence-corrected chi connectivity index (χ4v) is 1.46. The maximum Gasteiger partial charge on any atom is 0.223 e. The largest absolute Gasteiger partial charge is 0.344 e. The molecule has 0 bridgehead atoms. The molecule has 0 aromatic carbocycles. The number of nitrogens with zero attached hydrogens (tertiary/aromatic N) is 5. The molecule has 0 saturated heterocycles. The zero-order chi connectivity index (χ0) is 11.5. The van der Waals surface area contributed by atoms with E-state index in [0.29, 0.717) is 5.95 Å². The first kappa shape index (κ1) is 10.5. The average molecular weight is 218 g/mol. The molecule has 0 fully saturated rings. The van der Waals surface area contributed by atoms with Gasteiger partial charge in [-0.15, -0.1) is 10.2 Å². The Hall–Kier alpha value is -1.98. The van der Waals surface area contributed by atoms with Crippen LogP contribution < -0.4 is 5.32 Å². The molecule has 2 rings (SSSR count). The van der Waals surface area contributed by atoms with Crippen LogP contribution >= 0.6 is 0 Å². The van der Waals surface area contributed by atoms with Gasteiger partial charge in [0.05, 0.1) is 6.04 Å². The number of hydrogen-bond acceptors (Lipinski definition) is 5. The first-order chi connectivity index (χ1) is 7.66. The van der Waals surface area contributed by atoms with Gasteiger partial charge in [0.25, 0.3) is 0 Å². The van der Waals surface area contributed by atoms with E-state index in [4.69, 9.17) is 0 Å². The van der Waals surface area contributed by atoms with Crippen molar-refractivity contribution in [2.75, 3.05) is 5.32 Å². The molecular weight excluding hydrogens is 204 g/mol. The molecule has 0 amide bonds. The molecule has 0 aliphatic carbocycles. The van der Waals surface area contributed by atoms with Crippen LogP contribution in [0, 0.1) is 6.92 Å². The summed E-state index contributed by atoms with van der Waals surface area (Å²) in [5.41, 5.74) is 0.933. The Morgan fingerprint density at radius 2 is 2.25 bits per heavy atom. The third-order valence-electron chi connectivity index (χ3n) is 2.27. The molecule has 1 N–H and O–H groups in total. The SMILES string of the molecule is Cc1ccnc(NC(C)c2nncn2C)n1. The lowest BCUT2D eigenvalue weighted by molar-refractivity contribution is 0.712. The van der Waals surface area contributed by atoms with Gasteiger partial charge in [-0.25, -0.2) is 9.97 Å². The van der Waals surface area contributed by atoms with E-state index < -0.39 is 0 Å². The van der Waals surface area contributed by atoms with Crippen LogP contribution in [0.15, 0.2) is 18.6 Å². The number of aromatic nitrogens is 5. The minimum atomic E-state index is 0.0225. The molecule has 2 aromatic heterocycles. The van der Waals surface area contributed by atoms with Crippen LogP contribution in [0.2, 0.25) is 0 Å². The normalized spacial score (nSPS) is 12.4. The van der Waals surface area contributed by atoms with Crippen molar-refractivity contribution in [1.82, 2.24) is 24.7 Å². The van der Waals surface area contributed by atoms with Gasteiger partial charge in [-0.05, 0) is 19.9 Å². The molecule has 1 unspecified atom stereocenters. The summed E-state index contributed by atoms with van der Waals surface area (Å²) in [4.78, 5) is 8.41. The summed E-state index contributed by atoms with van der Waals surface area (Å²) in [6.45, 7) is 3.93. The van der Waals surface area contributed by atoms with Gasteiger partial charge in [-0.3, -0.25) is 0 Å². The third kappa shape index (κ3) is 2.16. The zero-order valence-corrected chi connectivity index (χ0v) is 9.55. The molecule has 0 aliphatic rings. The number of nitrogens with one attached hydrogen (secondary N) is 1. The van der Waals surface area contributed by atoms with Crippen LogP contribution in [-0.2, 0) is 7.05 Å². The smallest absolute Gasteiger partial charge is 0.223 e. The Morgan fingerprint density at radius 3 is 2.88 bits per heavy atom. The van der Waals surface area contributed by atoms with E-state index >= 15 is 0 Å². The maximum atomic E-state index is 4.27. The van der Waals surface area contributed by atoms with Crippen LogP contribution in [-0.4, -0.2) is 24.7 Å². The van der Waals surface area contributed by atoms with Crippen molar-refractivity contribution in [3.63, 3.8) is 0 Å². The van der Waals surface area contributed by atoms with Gasteiger partial charge in [-0.1, -0.05) is 0 Å². The summed E-state index contributed by atoms with van der Waals surface area (Å²) in [5, 5.41) is 11.0. The van der Waals surface area contributed by atoms with E-state index in [1.54, 1.807) is 12.5 Å². The molecule has 84 valence electrons. The van der Waals surface area contributed by atoms with Crippen molar-refractivity contribution in [2.24, 2.45) is 7.05 Å². The average Bonchev–Trinajstić information content (AvgIpc) is 2.64. The highest BCUT2D eigenvalue weighted by Gasteiger charge is 2.11. The van der Waals surface area contributed by atoms with E-state index in [2.05, 4.69) is 25.5 Å². The molecule has 6 nitrogen and oxygen atoms in total. The second kappa shape index (κ2) is 4.26. The van der Waals surface area contributed by atoms with Gasteiger partial charge in [-0.2, -0.15) is 0 Å². The highest BCUT2D eigenvalue weighted by Crippen LogP contribution is 2.13. The highest BCUT2D eigenvalue weighted by atomic mass is 15.3. The van der Waals surface area contributed by atoms with Gasteiger partial charge in [0, 0.05) is 18.9 Å². The van der Waals surface area contributed by atoms with Crippen LogP contribution in [0.5, 0.6) is 0 Å². The number of aryl methyl sites for hydroxylation is 2. The zero-order valence-electron chi connectivity index (χ0n) is 9.55. The number of hydrogen-bond donors (Lipinski definition) is 1. The summed E-state index contributed by atoms with van der Waals surface area (Å²) < 4.78 is 1.87. The van der Waals surface area contributed by atoms with E-state index in [9.17, 15) is 0 Å². The minimum Gasteiger partial charge on any atom is -0.344 e. The van der Waals surface area contributed by atoms with E-state index in [0.717, 1.165) is 11.5 Å². The van der Waals surface area contributed by atoms with Gasteiger partial charge in [0.1, 0.15) is 6.33 Å². The maximum absolute atomic E-state index is 4.27. The van der Waals surface area contributed by atoms with Crippen molar-refractivity contribution in [3.05, 3.63) is 30.1 Å². The van der Waals surface area contributed by atoms with Gasteiger partial charge in [0.2, 0.25) is 5.95 Å². The lowest BCUT2D eigenvalue weighted by Gasteiger charge is -2.12. The molecule has 6 heteroatoms. The standard InChI is InChI=1S/C10H14N6/c1-7-4-5-11-10(13-7)14-8(2)9-15-12-6-16(9)3/h4-6,8H,1-3H3,(H,11,13,14). The number of anilines is 1. The van der Waals surface area contributed by atoms with Crippen molar-refractivity contribution < 1.29 is 0 Å². The molecule has 0 spiro atoms. The first-order valence-corrected chi connectivity index (χ1v) is 5.07. The molecule has 2 heterocycles. The highest BCUT2D eigenvalue weighted by molar-refractivity contribution is 5.27. The van der Waals surface area contributed by atoms with Crippen LogP contribution in [0.1, 0.15) is 24.5 Å². The lowest BCUT2D eigenvalue weighted by atomic mass is 10.3. The Balaban J connectivity index is 2.14. The predicted molar refractivity (Wildman–Crippen MR) is 59.8 cm³/mol. The van der Waals surface area contributed by atoms with Gasteiger partial charge >= 0.3 is 0 Å². The Bertz CT molecular complexity index is 478. The van der Waals surface area contributed by atoms with Crippen molar-refractivity contribution in [1.29, 1.82) is 0 Å². The molecule has 2 aromatic rings. The van der Waals surface area contributed by atoms with Crippen molar-refractivity contribution >= 4 is 5.95 Å². The van der Waals surface area contributed by atoms with Crippen LogP contribution in [0.4, 0.5) is 5.95 Å². The van der Waals surface area contributed by atoms with E-state index in [-0.39, 0.29) is 6.04 Å². The van der Waals surface area contributed by atoms with Gasteiger partial charge < -0.3 is 9.88 Å². The quantitative estimate of drug-likeness (QED) is 0.835. The Kier molecular flexibility index (Phi) is 2.80. The molecule has 0 saturated carbocycles. The summed E-state index contributed by atoms with van der Waals surface area (Å²) in [6, 6.07) is 1.88. The van der Waals surface area contributed by atoms with Gasteiger partial charge in [0.15, 0.2) is 5.82 Å². The Morgan fingerprint density at radius 1 is 1.44 bits per heavy atom. The first-order valence-electron chi connectivity index (χ1n) is 5.07. The van der Waals surface area contributed by atoms with Crippen LogP contribution in [0.3, 0.4) is 0 Å². The summed E-state index contributed by atoms with van der Waals surface area (Å²) >= 11 is 0. The van der Waals surface area contributed by atoms with Crippen molar-refractivity contribution in [3.8, 4) is 0 Å². The summed E-state index contributed by atoms with van der Waals surface area (Å²) in [7, 11) is 1.91. The van der Waals surface area contributed by atoms with Crippen LogP contribution in [0.25, 0.3) is 0 Å². The van der Waals surface area contributed by atoms with Crippen molar-refractivity contribution in [2.45, 2.75) is 19.9 Å². The summed E-state index contributed by atoms with van der Waals surface area (Å²) in [6.07, 6.45) is 3.40. The fourth-order valence-electron chi connectivity index (χ4n) is 1.46. The fraction of sp³-hybridized carbons (Fsp3) is 0.400. The number of rotatable bonds is 3. The topological polar surface area (TPSA) is 68.5 Å². The second-order valence-electron chi connectivity index (χ2n) is 3.69. The second-order valence-corrected chi connectivity index (χ2v) is 3.69. The summed E-state index contributed by atoms with van der Waals surface area (Å²) in [5.74, 6) is 1.46. The van der Waals surface area contributed by atoms with E-state index in [1.165, 1.54) is 0 Å². The molecule has 0 aliphatic heterocycles. The Labute approximate surface area is 93.8 Å². The molecule has 0 radical (unpaired) electrons. The van der Waals surface area contributed by atoms with E-state index in [1.807, 2.05) is 31.5 Å². The predicted octanol–water partition coefficient (Wildman–Crippen LogP) is 1.09. The molecular formula is C10H14N6. The third-order valence-corrected chi connectivity index (χ3v) is 2.27. The lowest BCUT2D eigenvalue weighted by Crippen LogP contribution is -2.13. The molecule has 16 heavy (non-hydrogen) atoms.